The first kappa shape index (κ1) is 30.7. The number of hydrogen-bond acceptors (Lipinski definition) is 8. The molecule has 0 aromatic carbocycles. The maximum Gasteiger partial charge on any atom is 0.280 e. The van der Waals surface area contributed by atoms with Crippen molar-refractivity contribution in [3.8, 4) is 0 Å². The maximum atomic E-state index is 12.2. The lowest BCUT2D eigenvalue weighted by atomic mass is 10.5. The molecule has 2 amide bonds. The molecule has 0 aromatic rings. The first-order valence-electron chi connectivity index (χ1n) is 11.5. The molecule has 1 rings (SSSR count). The van der Waals surface area contributed by atoms with E-state index in [1.807, 2.05) is 13.8 Å². The Hall–Kier alpha value is 0.694. The maximum absolute atomic E-state index is 12.2. The molecule has 1 aliphatic rings. The van der Waals surface area contributed by atoms with Crippen LogP contribution in [0, 0.1) is 0 Å². The predicted molar refractivity (Wildman–Crippen MR) is 152 cm³/mol. The van der Waals surface area contributed by atoms with E-state index in [-0.39, 0.29) is 19.6 Å². The summed E-state index contributed by atoms with van der Waals surface area (Å²) in [7, 11) is -3.13. The second-order valence-electron chi connectivity index (χ2n) is 8.78. The van der Waals surface area contributed by atoms with Gasteiger partial charge in [0, 0.05) is 37.8 Å². The highest BCUT2D eigenvalue weighted by atomic mass is 32.2. The first-order chi connectivity index (χ1) is 15.1. The number of thioether (sulfide) groups is 4. The van der Waals surface area contributed by atoms with Gasteiger partial charge in [-0.25, -0.2) is 0 Å². The molecule has 6 nitrogen and oxygen atoms in total. The van der Waals surface area contributed by atoms with Crippen molar-refractivity contribution in [1.29, 1.82) is 0 Å². The fraction of sp³-hybridized carbons (Fsp3) is 0.900. The van der Waals surface area contributed by atoms with E-state index in [0.29, 0.717) is 13.1 Å². The minimum Gasteiger partial charge on any atom is -0.418 e. The third kappa shape index (κ3) is 14.8. The zero-order valence-corrected chi connectivity index (χ0v) is 25.8. The van der Waals surface area contributed by atoms with E-state index in [1.165, 1.54) is 23.5 Å². The number of nitrogens with one attached hydrogen (secondary N) is 2. The van der Waals surface area contributed by atoms with Crippen LogP contribution in [-0.2, 0) is 8.85 Å². The van der Waals surface area contributed by atoms with Crippen LogP contribution in [0.5, 0.6) is 0 Å². The Morgan fingerprint density at radius 1 is 0.812 bits per heavy atom. The van der Waals surface area contributed by atoms with E-state index in [1.54, 1.807) is 23.5 Å². The number of carbonyl (C=O) groups excluding carboxylic acids is 2. The van der Waals surface area contributed by atoms with Crippen molar-refractivity contribution in [2.24, 2.45) is 0 Å². The Morgan fingerprint density at radius 3 is 1.50 bits per heavy atom. The Labute approximate surface area is 214 Å². The van der Waals surface area contributed by atoms with E-state index in [4.69, 9.17) is 8.85 Å². The normalized spacial score (nSPS) is 19.6. The molecular weight excluding hydrogens is 517 g/mol. The van der Waals surface area contributed by atoms with E-state index < -0.39 is 16.6 Å². The molecule has 2 N–H and O–H groups in total. The lowest BCUT2D eigenvalue weighted by molar-refractivity contribution is 0.260. The van der Waals surface area contributed by atoms with Crippen LogP contribution in [-0.4, -0.2) is 74.1 Å². The third-order valence-electron chi connectivity index (χ3n) is 4.83. The fourth-order valence-electron chi connectivity index (χ4n) is 3.26. The van der Waals surface area contributed by atoms with Crippen molar-refractivity contribution in [3.63, 3.8) is 0 Å². The third-order valence-corrected chi connectivity index (χ3v) is 16.0. The van der Waals surface area contributed by atoms with E-state index in [0.717, 1.165) is 49.6 Å². The minimum absolute atomic E-state index is 0.0568. The number of amides is 2. The largest absolute Gasteiger partial charge is 0.418 e. The van der Waals surface area contributed by atoms with Gasteiger partial charge in [0.1, 0.15) is 0 Å². The average Bonchev–Trinajstić information content (AvgIpc) is 2.70. The van der Waals surface area contributed by atoms with Crippen LogP contribution < -0.4 is 10.6 Å². The Bertz CT molecular complexity index is 518. The molecular formula is C20H42N2O4S4Si2. The van der Waals surface area contributed by atoms with Crippen molar-refractivity contribution in [2.45, 2.75) is 74.1 Å². The van der Waals surface area contributed by atoms with Crippen LogP contribution in [0.4, 0.5) is 9.59 Å². The molecule has 1 heterocycles. The summed E-state index contributed by atoms with van der Waals surface area (Å²) in [4.78, 5) is 24.4. The molecule has 2 unspecified atom stereocenters. The molecule has 0 bridgehead atoms. The number of hydrogen-bond donors (Lipinski definition) is 2. The molecule has 0 spiro atoms. The van der Waals surface area contributed by atoms with Gasteiger partial charge in [-0.05, 0) is 88.5 Å². The Kier molecular flexibility index (Phi) is 15.7. The van der Waals surface area contributed by atoms with Crippen molar-refractivity contribution in [3.05, 3.63) is 0 Å². The van der Waals surface area contributed by atoms with E-state index in [2.05, 4.69) is 36.8 Å². The SMILES string of the molecule is CCO[Si](C)(C)CCCNC(=O)SC1CSC(SC(=O)NCCC[Si](C)(C)OCC)CS1. The van der Waals surface area contributed by atoms with Crippen LogP contribution in [0.15, 0.2) is 0 Å². The highest BCUT2D eigenvalue weighted by molar-refractivity contribution is 8.30. The van der Waals surface area contributed by atoms with Crippen molar-refractivity contribution >= 4 is 74.2 Å². The average molecular weight is 559 g/mol. The van der Waals surface area contributed by atoms with Gasteiger partial charge in [0.15, 0.2) is 16.6 Å². The van der Waals surface area contributed by atoms with Crippen LogP contribution in [0.1, 0.15) is 26.7 Å². The van der Waals surface area contributed by atoms with Gasteiger partial charge in [0.2, 0.25) is 0 Å². The van der Waals surface area contributed by atoms with Crippen LogP contribution in [0.3, 0.4) is 0 Å². The zero-order chi connectivity index (χ0) is 24.0. The summed E-state index contributed by atoms with van der Waals surface area (Å²) in [5, 5.41) is 6.17. The van der Waals surface area contributed by atoms with Crippen molar-refractivity contribution in [1.82, 2.24) is 10.6 Å². The summed E-state index contributed by atoms with van der Waals surface area (Å²) >= 11 is 6.34. The molecule has 1 aliphatic heterocycles. The second kappa shape index (κ2) is 16.4. The van der Waals surface area contributed by atoms with E-state index in [9.17, 15) is 9.59 Å². The topological polar surface area (TPSA) is 76.7 Å². The molecule has 0 aromatic heterocycles. The van der Waals surface area contributed by atoms with Crippen molar-refractivity contribution < 1.29 is 18.4 Å². The molecule has 1 fully saturated rings. The summed E-state index contributed by atoms with van der Waals surface area (Å²) in [6, 6.07) is 2.13. The van der Waals surface area contributed by atoms with Gasteiger partial charge in [0.05, 0.1) is 9.16 Å². The summed E-state index contributed by atoms with van der Waals surface area (Å²) in [6.45, 7) is 15.9. The van der Waals surface area contributed by atoms with E-state index >= 15 is 0 Å². The number of carbonyl (C=O) groups is 2. The summed E-state index contributed by atoms with van der Waals surface area (Å²) < 4.78 is 12.2. The standard InChI is InChI=1S/C20H42N2O4S4Si2/c1-7-25-31(3,4)13-9-11-21-19(23)29-17-15-28-18(16-27-17)30-20(24)22-12-10-14-32(5,6)26-8-2/h17-18H,7-16H2,1-6H3,(H,21,23)(H,22,24). The molecule has 32 heavy (non-hydrogen) atoms. The van der Waals surface area contributed by atoms with Crippen LogP contribution in [0.2, 0.25) is 38.3 Å². The number of rotatable bonds is 14. The minimum atomic E-state index is -1.57. The highest BCUT2D eigenvalue weighted by Crippen LogP contribution is 2.40. The van der Waals surface area contributed by atoms with Gasteiger partial charge < -0.3 is 19.5 Å². The summed E-state index contributed by atoms with van der Waals surface area (Å²) in [5.74, 6) is 1.76. The van der Waals surface area contributed by atoms with Gasteiger partial charge in [-0.15, -0.1) is 23.5 Å². The summed E-state index contributed by atoms with van der Waals surface area (Å²) in [6.07, 6.45) is 1.94. The second-order valence-corrected chi connectivity index (χ2v) is 22.8. The lowest BCUT2D eigenvalue weighted by Crippen LogP contribution is -2.32. The van der Waals surface area contributed by atoms with Gasteiger partial charge in [-0.3, -0.25) is 9.59 Å². The van der Waals surface area contributed by atoms with Gasteiger partial charge in [0.25, 0.3) is 10.5 Å². The quantitative estimate of drug-likeness (QED) is 0.191. The summed E-state index contributed by atoms with van der Waals surface area (Å²) in [5.41, 5.74) is 0. The zero-order valence-electron chi connectivity index (χ0n) is 20.5. The predicted octanol–water partition coefficient (Wildman–Crippen LogP) is 6.27. The van der Waals surface area contributed by atoms with Gasteiger partial charge in [-0.1, -0.05) is 0 Å². The highest BCUT2D eigenvalue weighted by Gasteiger charge is 2.27. The fourth-order valence-corrected chi connectivity index (χ4v) is 12.6. The Morgan fingerprint density at radius 2 is 1.19 bits per heavy atom. The van der Waals surface area contributed by atoms with Gasteiger partial charge in [-0.2, -0.15) is 0 Å². The van der Waals surface area contributed by atoms with Crippen LogP contribution >= 0.6 is 47.0 Å². The lowest BCUT2D eigenvalue weighted by Gasteiger charge is -2.26. The molecule has 0 saturated carbocycles. The molecule has 12 heteroatoms. The van der Waals surface area contributed by atoms with Gasteiger partial charge >= 0.3 is 0 Å². The first-order valence-corrected chi connectivity index (χ1v) is 21.6. The van der Waals surface area contributed by atoms with Crippen molar-refractivity contribution in [2.75, 3.05) is 37.8 Å². The molecule has 0 radical (unpaired) electrons. The molecule has 0 aliphatic carbocycles. The smallest absolute Gasteiger partial charge is 0.280 e. The molecule has 2 atom stereocenters. The monoisotopic (exact) mass is 558 g/mol. The Balaban J connectivity index is 2.12. The molecule has 188 valence electrons. The molecule has 1 saturated heterocycles. The van der Waals surface area contributed by atoms with Crippen LogP contribution in [0.25, 0.3) is 0 Å².